The molecule has 0 spiro atoms. The smallest absolute Gasteiger partial charge is 0.333 e. The SMILES string of the molecule is COC(=O)C(C)=CCNC1C2(C)CCC(C2)C1(C)C. The van der Waals surface area contributed by atoms with Crippen LogP contribution >= 0.6 is 0 Å². The molecule has 0 aromatic heterocycles. The van der Waals surface area contributed by atoms with Crippen LogP contribution in [0.1, 0.15) is 47.0 Å². The van der Waals surface area contributed by atoms with Crippen LogP contribution in [-0.4, -0.2) is 25.7 Å². The summed E-state index contributed by atoms with van der Waals surface area (Å²) in [5.41, 5.74) is 1.47. The highest BCUT2D eigenvalue weighted by molar-refractivity contribution is 5.87. The van der Waals surface area contributed by atoms with Crippen molar-refractivity contribution in [2.24, 2.45) is 16.7 Å². The number of esters is 1. The van der Waals surface area contributed by atoms with E-state index in [1.807, 2.05) is 6.08 Å². The Morgan fingerprint density at radius 1 is 1.42 bits per heavy atom. The van der Waals surface area contributed by atoms with Crippen molar-refractivity contribution in [2.75, 3.05) is 13.7 Å². The van der Waals surface area contributed by atoms with Gasteiger partial charge in [-0.15, -0.1) is 0 Å². The van der Waals surface area contributed by atoms with Gasteiger partial charge in [-0.2, -0.15) is 0 Å². The van der Waals surface area contributed by atoms with Crippen molar-refractivity contribution in [3.8, 4) is 0 Å². The van der Waals surface area contributed by atoms with Crippen molar-refractivity contribution in [2.45, 2.75) is 53.0 Å². The van der Waals surface area contributed by atoms with Gasteiger partial charge in [-0.1, -0.05) is 26.8 Å². The second-order valence-corrected chi connectivity index (χ2v) is 7.14. The summed E-state index contributed by atoms with van der Waals surface area (Å²) in [5.74, 6) is 0.612. The summed E-state index contributed by atoms with van der Waals surface area (Å²) >= 11 is 0. The van der Waals surface area contributed by atoms with E-state index in [1.165, 1.54) is 26.4 Å². The molecule has 108 valence electrons. The van der Waals surface area contributed by atoms with Crippen LogP contribution in [-0.2, 0) is 9.53 Å². The van der Waals surface area contributed by atoms with Gasteiger partial charge in [0.25, 0.3) is 0 Å². The Morgan fingerprint density at radius 2 is 2.11 bits per heavy atom. The molecule has 2 saturated carbocycles. The van der Waals surface area contributed by atoms with Crippen molar-refractivity contribution in [1.82, 2.24) is 5.32 Å². The van der Waals surface area contributed by atoms with Gasteiger partial charge in [0, 0.05) is 18.2 Å². The fraction of sp³-hybridized carbons (Fsp3) is 0.812. The summed E-state index contributed by atoms with van der Waals surface area (Å²) in [6.45, 7) is 9.74. The monoisotopic (exact) mass is 265 g/mol. The lowest BCUT2D eigenvalue weighted by Gasteiger charge is -2.43. The van der Waals surface area contributed by atoms with Crippen LogP contribution in [0.2, 0.25) is 0 Å². The summed E-state index contributed by atoms with van der Waals surface area (Å²) < 4.78 is 4.71. The van der Waals surface area contributed by atoms with E-state index in [2.05, 4.69) is 26.1 Å². The fourth-order valence-corrected chi connectivity index (χ4v) is 4.39. The van der Waals surface area contributed by atoms with Gasteiger partial charge in [0.2, 0.25) is 0 Å². The lowest BCUT2D eigenvalue weighted by Crippen LogP contribution is -2.50. The summed E-state index contributed by atoms with van der Waals surface area (Å²) in [5, 5.41) is 3.67. The van der Waals surface area contributed by atoms with Crippen molar-refractivity contribution in [3.63, 3.8) is 0 Å². The molecule has 3 unspecified atom stereocenters. The molecule has 0 aromatic carbocycles. The summed E-state index contributed by atoms with van der Waals surface area (Å²) in [4.78, 5) is 11.3. The average Bonchev–Trinajstić information content (AvgIpc) is 2.83. The molecule has 0 heterocycles. The summed E-state index contributed by atoms with van der Waals surface area (Å²) in [6.07, 6.45) is 5.99. The number of carbonyl (C=O) groups excluding carboxylic acids is 1. The van der Waals surface area contributed by atoms with Gasteiger partial charge in [0.05, 0.1) is 7.11 Å². The minimum atomic E-state index is -0.236. The van der Waals surface area contributed by atoms with E-state index in [9.17, 15) is 4.79 Å². The zero-order valence-corrected chi connectivity index (χ0v) is 12.9. The Morgan fingerprint density at radius 3 is 2.63 bits per heavy atom. The highest BCUT2D eigenvalue weighted by Gasteiger charge is 2.58. The minimum Gasteiger partial charge on any atom is -0.466 e. The zero-order chi connectivity index (χ0) is 14.3. The van der Waals surface area contributed by atoms with Gasteiger partial charge in [-0.3, -0.25) is 0 Å². The van der Waals surface area contributed by atoms with E-state index in [1.54, 1.807) is 6.92 Å². The molecule has 3 nitrogen and oxygen atoms in total. The molecule has 3 heteroatoms. The molecule has 0 aliphatic heterocycles. The number of nitrogens with one attached hydrogen (secondary N) is 1. The number of ether oxygens (including phenoxy) is 1. The highest BCUT2D eigenvalue weighted by Crippen LogP contribution is 2.62. The van der Waals surface area contributed by atoms with Crippen LogP contribution in [0.15, 0.2) is 11.6 Å². The second kappa shape index (κ2) is 4.93. The molecule has 3 atom stereocenters. The minimum absolute atomic E-state index is 0.236. The van der Waals surface area contributed by atoms with Crippen LogP contribution in [0.5, 0.6) is 0 Å². The van der Waals surface area contributed by atoms with E-state index in [4.69, 9.17) is 4.74 Å². The zero-order valence-electron chi connectivity index (χ0n) is 12.9. The van der Waals surface area contributed by atoms with Crippen LogP contribution in [0.25, 0.3) is 0 Å². The van der Waals surface area contributed by atoms with Gasteiger partial charge in [-0.05, 0) is 42.9 Å². The third-order valence-corrected chi connectivity index (χ3v) is 5.51. The quantitative estimate of drug-likeness (QED) is 0.627. The third kappa shape index (κ3) is 2.45. The van der Waals surface area contributed by atoms with Crippen LogP contribution in [0.3, 0.4) is 0 Å². The van der Waals surface area contributed by atoms with Crippen molar-refractivity contribution >= 4 is 5.97 Å². The maximum Gasteiger partial charge on any atom is 0.333 e. The average molecular weight is 265 g/mol. The Hall–Kier alpha value is -0.830. The molecule has 0 amide bonds. The lowest BCUT2D eigenvalue weighted by atomic mass is 9.68. The van der Waals surface area contributed by atoms with Crippen molar-refractivity contribution in [3.05, 3.63) is 11.6 Å². The predicted octanol–water partition coefficient (Wildman–Crippen LogP) is 2.91. The van der Waals surface area contributed by atoms with Gasteiger partial charge in [-0.25, -0.2) is 4.79 Å². The van der Waals surface area contributed by atoms with E-state index in [0.29, 0.717) is 22.4 Å². The highest BCUT2D eigenvalue weighted by atomic mass is 16.5. The second-order valence-electron chi connectivity index (χ2n) is 7.14. The maximum absolute atomic E-state index is 11.3. The van der Waals surface area contributed by atoms with Crippen LogP contribution in [0, 0.1) is 16.7 Å². The van der Waals surface area contributed by atoms with Crippen LogP contribution < -0.4 is 5.32 Å². The fourth-order valence-electron chi connectivity index (χ4n) is 4.39. The van der Waals surface area contributed by atoms with E-state index in [0.717, 1.165) is 12.5 Å². The Bertz CT molecular complexity index is 395. The number of methoxy groups -OCH3 is 1. The first-order valence-electron chi connectivity index (χ1n) is 7.30. The molecule has 0 saturated heterocycles. The maximum atomic E-state index is 11.3. The Balaban J connectivity index is 1.98. The van der Waals surface area contributed by atoms with Crippen molar-refractivity contribution in [1.29, 1.82) is 0 Å². The van der Waals surface area contributed by atoms with Gasteiger partial charge < -0.3 is 10.1 Å². The summed E-state index contributed by atoms with van der Waals surface area (Å²) in [6, 6.07) is 0.542. The van der Waals surface area contributed by atoms with E-state index >= 15 is 0 Å². The predicted molar refractivity (Wildman–Crippen MR) is 76.8 cm³/mol. The molecule has 2 bridgehead atoms. The lowest BCUT2D eigenvalue weighted by molar-refractivity contribution is -0.136. The number of hydrogen-bond acceptors (Lipinski definition) is 3. The topological polar surface area (TPSA) is 38.3 Å². The summed E-state index contributed by atoms with van der Waals surface area (Å²) in [7, 11) is 1.42. The van der Waals surface area contributed by atoms with Crippen LogP contribution in [0.4, 0.5) is 0 Å². The Labute approximate surface area is 116 Å². The first-order valence-corrected chi connectivity index (χ1v) is 7.30. The molecule has 1 N–H and O–H groups in total. The van der Waals surface area contributed by atoms with Gasteiger partial charge >= 0.3 is 5.97 Å². The third-order valence-electron chi connectivity index (χ3n) is 5.51. The molecular weight excluding hydrogens is 238 g/mol. The Kier molecular flexibility index (Phi) is 3.78. The first-order chi connectivity index (χ1) is 8.81. The molecule has 0 aromatic rings. The van der Waals surface area contributed by atoms with E-state index in [-0.39, 0.29) is 5.97 Å². The normalized spacial score (nSPS) is 36.6. The van der Waals surface area contributed by atoms with Gasteiger partial charge in [0.1, 0.15) is 0 Å². The van der Waals surface area contributed by atoms with Gasteiger partial charge in [0.15, 0.2) is 0 Å². The largest absolute Gasteiger partial charge is 0.466 e. The number of carbonyl (C=O) groups is 1. The molecule has 2 rings (SSSR count). The standard InChI is InChI=1S/C16H27NO2/c1-11(13(18)19-5)7-9-17-14-15(2,3)12-6-8-16(14,4)10-12/h7,12,14,17H,6,8-10H2,1-5H3. The molecular formula is C16H27NO2. The van der Waals surface area contributed by atoms with Crippen molar-refractivity contribution < 1.29 is 9.53 Å². The molecule has 19 heavy (non-hydrogen) atoms. The first kappa shape index (κ1) is 14.6. The molecule has 0 radical (unpaired) electrons. The molecule has 2 aliphatic rings. The molecule has 2 fully saturated rings. The number of rotatable bonds is 4. The number of hydrogen-bond donors (Lipinski definition) is 1. The number of fused-ring (bicyclic) bond motifs is 2. The van der Waals surface area contributed by atoms with E-state index < -0.39 is 0 Å². The molecule has 2 aliphatic carbocycles.